The van der Waals surface area contributed by atoms with Crippen LogP contribution < -0.4 is 0 Å². The molecule has 2 bridgehead atoms. The number of hydrogen-bond donors (Lipinski definition) is 2. The minimum atomic E-state index is -1.74. The molecule has 0 radical (unpaired) electrons. The highest BCUT2D eigenvalue weighted by Crippen LogP contribution is 2.56. The molecule has 7 heteroatoms. The van der Waals surface area contributed by atoms with Crippen LogP contribution in [0.2, 0.25) is 0 Å². The van der Waals surface area contributed by atoms with Crippen LogP contribution in [0.5, 0.6) is 0 Å². The summed E-state index contributed by atoms with van der Waals surface area (Å²) in [6, 6.07) is 0. The van der Waals surface area contributed by atoms with E-state index in [9.17, 15) is 19.8 Å². The van der Waals surface area contributed by atoms with E-state index in [1.165, 1.54) is 13.8 Å². The molecule has 2 aliphatic heterocycles. The van der Waals surface area contributed by atoms with Gasteiger partial charge < -0.3 is 24.4 Å². The third kappa shape index (κ3) is 4.87. The second-order valence-electron chi connectivity index (χ2n) is 11.1. The van der Waals surface area contributed by atoms with Gasteiger partial charge in [-0.3, -0.25) is 9.59 Å². The second-order valence-corrected chi connectivity index (χ2v) is 11.1. The van der Waals surface area contributed by atoms with E-state index in [1.54, 1.807) is 0 Å². The van der Waals surface area contributed by atoms with Crippen molar-refractivity contribution in [1.82, 2.24) is 0 Å². The van der Waals surface area contributed by atoms with E-state index >= 15 is 0 Å². The van der Waals surface area contributed by atoms with Gasteiger partial charge in [0.1, 0.15) is 29.5 Å². The van der Waals surface area contributed by atoms with E-state index in [4.69, 9.17) is 14.2 Å². The van der Waals surface area contributed by atoms with Gasteiger partial charge in [-0.25, -0.2) is 0 Å². The van der Waals surface area contributed by atoms with Crippen LogP contribution in [-0.2, 0) is 23.8 Å². The average molecular weight is 467 g/mol. The van der Waals surface area contributed by atoms with E-state index in [0.717, 1.165) is 18.4 Å². The number of aliphatic hydroxyl groups is 2. The van der Waals surface area contributed by atoms with Crippen LogP contribution in [-0.4, -0.2) is 57.8 Å². The van der Waals surface area contributed by atoms with Crippen molar-refractivity contribution >= 4 is 11.9 Å². The minimum absolute atomic E-state index is 0.00593. The molecular weight excluding hydrogens is 424 g/mol. The molecule has 2 heterocycles. The summed E-state index contributed by atoms with van der Waals surface area (Å²) < 4.78 is 18.2. The number of esters is 2. The molecule has 1 saturated carbocycles. The molecule has 188 valence electrons. The van der Waals surface area contributed by atoms with E-state index in [0.29, 0.717) is 31.1 Å². The molecule has 3 rings (SSSR count). The van der Waals surface area contributed by atoms with Crippen LogP contribution in [0.15, 0.2) is 12.2 Å². The molecule has 0 aromatic heterocycles. The Kier molecular flexibility index (Phi) is 7.67. The largest absolute Gasteiger partial charge is 0.459 e. The van der Waals surface area contributed by atoms with Crippen molar-refractivity contribution in [2.24, 2.45) is 23.7 Å². The number of hydrogen-bond acceptors (Lipinski definition) is 7. The van der Waals surface area contributed by atoms with Gasteiger partial charge in [0.05, 0.1) is 6.10 Å². The first-order chi connectivity index (χ1) is 15.3. The summed E-state index contributed by atoms with van der Waals surface area (Å²) in [5.41, 5.74) is -1.74. The summed E-state index contributed by atoms with van der Waals surface area (Å²) in [5.74, 6) is -0.331. The van der Waals surface area contributed by atoms with Gasteiger partial charge in [0.2, 0.25) is 0 Å². The Morgan fingerprint density at radius 2 is 1.94 bits per heavy atom. The lowest BCUT2D eigenvalue weighted by Crippen LogP contribution is -2.58. The fourth-order valence-electron chi connectivity index (χ4n) is 6.44. The van der Waals surface area contributed by atoms with E-state index < -0.39 is 41.6 Å². The smallest absolute Gasteiger partial charge is 0.306 e. The van der Waals surface area contributed by atoms with Crippen molar-refractivity contribution in [1.29, 1.82) is 0 Å². The molecule has 1 aliphatic carbocycles. The summed E-state index contributed by atoms with van der Waals surface area (Å²) in [4.78, 5) is 24.5. The van der Waals surface area contributed by atoms with Gasteiger partial charge in [-0.1, -0.05) is 32.9 Å². The molecule has 3 fully saturated rings. The zero-order chi connectivity index (χ0) is 24.7. The molecule has 33 heavy (non-hydrogen) atoms. The number of rotatable bonds is 5. The van der Waals surface area contributed by atoms with Crippen molar-refractivity contribution in [2.45, 2.75) is 116 Å². The van der Waals surface area contributed by atoms with Crippen LogP contribution in [0.3, 0.4) is 0 Å². The summed E-state index contributed by atoms with van der Waals surface area (Å²) in [7, 11) is 0. The molecule has 2 N–H and O–H groups in total. The standard InChI is InChI=1S/C26H42O7/c1-8-9-19(28)33-25(6)13-12-18(31-16(5)27)26(7,30)23(29)22-20-15(4)10-11-17(14(2)3)21(20)24(25)32-22/h14,17-18,20-24,29-30H,4,8-13H2,1-3,5-7H3/t17-,18+,20+,21-,22+,23+,24-,25-,26-/m1/s1. The van der Waals surface area contributed by atoms with Crippen LogP contribution in [0.25, 0.3) is 0 Å². The van der Waals surface area contributed by atoms with Gasteiger partial charge in [-0.05, 0) is 57.8 Å². The Balaban J connectivity index is 2.12. The number of fused-ring (bicyclic) bond motifs is 5. The third-order valence-electron chi connectivity index (χ3n) is 8.22. The highest BCUT2D eigenvalue weighted by atomic mass is 16.6. The van der Waals surface area contributed by atoms with E-state index in [2.05, 4.69) is 20.4 Å². The van der Waals surface area contributed by atoms with Crippen LogP contribution in [0.4, 0.5) is 0 Å². The first-order valence-electron chi connectivity index (χ1n) is 12.5. The van der Waals surface area contributed by atoms with Crippen molar-refractivity contribution in [3.8, 4) is 0 Å². The van der Waals surface area contributed by atoms with Gasteiger partial charge in [0, 0.05) is 25.2 Å². The van der Waals surface area contributed by atoms with Crippen molar-refractivity contribution in [3.63, 3.8) is 0 Å². The predicted octanol–water partition coefficient (Wildman–Crippen LogP) is 3.55. The highest BCUT2D eigenvalue weighted by molar-refractivity contribution is 5.70. The maximum atomic E-state index is 12.7. The van der Waals surface area contributed by atoms with Crippen molar-refractivity contribution < 1.29 is 34.0 Å². The average Bonchev–Trinajstić information content (AvgIpc) is 3.12. The Bertz CT molecular complexity index is 760. The molecule has 0 unspecified atom stereocenters. The topological polar surface area (TPSA) is 102 Å². The monoisotopic (exact) mass is 466 g/mol. The lowest BCUT2D eigenvalue weighted by molar-refractivity contribution is -0.197. The predicted molar refractivity (Wildman–Crippen MR) is 123 cm³/mol. The Labute approximate surface area is 197 Å². The Morgan fingerprint density at radius 3 is 2.52 bits per heavy atom. The Morgan fingerprint density at radius 1 is 1.27 bits per heavy atom. The zero-order valence-electron chi connectivity index (χ0n) is 21.0. The first kappa shape index (κ1) is 26.2. The fraction of sp³-hybridized carbons (Fsp3) is 0.846. The van der Waals surface area contributed by atoms with Gasteiger partial charge >= 0.3 is 11.9 Å². The van der Waals surface area contributed by atoms with E-state index in [-0.39, 0.29) is 24.2 Å². The number of ether oxygens (including phenoxy) is 3. The zero-order valence-corrected chi connectivity index (χ0v) is 21.0. The summed E-state index contributed by atoms with van der Waals surface area (Å²) in [5, 5.41) is 22.9. The van der Waals surface area contributed by atoms with Crippen molar-refractivity contribution in [2.75, 3.05) is 0 Å². The molecule has 7 nitrogen and oxygen atoms in total. The summed E-state index contributed by atoms with van der Waals surface area (Å²) >= 11 is 0. The molecule has 0 aromatic carbocycles. The van der Waals surface area contributed by atoms with Gasteiger partial charge in [0.15, 0.2) is 0 Å². The quantitative estimate of drug-likeness (QED) is 0.472. The SMILES string of the molecule is C=C1CC[C@H](C(C)C)[C@@H]2[C@H]1[C@@H]1O[C@H]2[C@](C)(OC(=O)CCC)CC[C@H](OC(C)=O)[C@@](C)(O)[C@H]1O. The normalized spacial score (nSPS) is 43.3. The second kappa shape index (κ2) is 9.67. The number of carbonyl (C=O) groups is 2. The molecule has 9 atom stereocenters. The van der Waals surface area contributed by atoms with Crippen molar-refractivity contribution in [3.05, 3.63) is 12.2 Å². The number of aliphatic hydroxyl groups excluding tert-OH is 1. The Hall–Kier alpha value is -1.44. The summed E-state index contributed by atoms with van der Waals surface area (Å²) in [6.45, 7) is 15.3. The maximum absolute atomic E-state index is 12.7. The molecule has 0 aromatic rings. The molecule has 0 spiro atoms. The first-order valence-corrected chi connectivity index (χ1v) is 12.5. The highest BCUT2D eigenvalue weighted by Gasteiger charge is 2.63. The van der Waals surface area contributed by atoms with Crippen LogP contribution >= 0.6 is 0 Å². The van der Waals surface area contributed by atoms with E-state index in [1.807, 2.05) is 13.8 Å². The maximum Gasteiger partial charge on any atom is 0.306 e. The minimum Gasteiger partial charge on any atom is -0.459 e. The van der Waals surface area contributed by atoms with Crippen LogP contribution in [0, 0.1) is 23.7 Å². The lowest BCUT2D eigenvalue weighted by atomic mass is 9.60. The fourth-order valence-corrected chi connectivity index (χ4v) is 6.44. The van der Waals surface area contributed by atoms with Crippen LogP contribution in [0.1, 0.15) is 80.1 Å². The summed E-state index contributed by atoms with van der Waals surface area (Å²) in [6.07, 6.45) is -0.125. The van der Waals surface area contributed by atoms with Gasteiger partial charge in [0.25, 0.3) is 0 Å². The number of carbonyl (C=O) groups excluding carboxylic acids is 2. The van der Waals surface area contributed by atoms with Gasteiger partial charge in [-0.2, -0.15) is 0 Å². The third-order valence-corrected chi connectivity index (χ3v) is 8.22. The molecular formula is C26H42O7. The lowest BCUT2D eigenvalue weighted by Gasteiger charge is -2.46. The molecule has 0 amide bonds. The van der Waals surface area contributed by atoms with Gasteiger partial charge in [-0.15, -0.1) is 0 Å². The molecule has 3 aliphatic rings. The molecule has 2 saturated heterocycles.